The fraction of sp³-hybridized carbons (Fsp3) is 0.276. The topological polar surface area (TPSA) is 55.7 Å². The summed E-state index contributed by atoms with van der Waals surface area (Å²) in [6, 6.07) is 15.1. The summed E-state index contributed by atoms with van der Waals surface area (Å²) in [6.45, 7) is 0.447. The van der Waals surface area contributed by atoms with Gasteiger partial charge in [0.25, 0.3) is 0 Å². The highest BCUT2D eigenvalue weighted by molar-refractivity contribution is 7.15. The number of methoxy groups -OCH3 is 2. The van der Waals surface area contributed by atoms with Crippen LogP contribution >= 0.6 is 11.3 Å². The summed E-state index contributed by atoms with van der Waals surface area (Å²) >= 11 is 1.83. The lowest BCUT2D eigenvalue weighted by Crippen LogP contribution is -2.38. The maximum Gasteiger partial charge on any atom is 0.323 e. The number of aromatic nitrogens is 1. The number of amides is 2. The second kappa shape index (κ2) is 9.59. The number of ether oxygens (including phenoxy) is 2. The molecule has 2 aromatic carbocycles. The fourth-order valence-corrected chi connectivity index (χ4v) is 6.89. The molecule has 37 heavy (non-hydrogen) atoms. The second-order valence-corrected chi connectivity index (χ2v) is 10.5. The molecule has 0 saturated heterocycles. The minimum absolute atomic E-state index is 0.266. The van der Waals surface area contributed by atoms with Crippen LogP contribution in [0.25, 0.3) is 5.00 Å². The number of hydrogen-bond acceptors (Lipinski definition) is 4. The summed E-state index contributed by atoms with van der Waals surface area (Å²) in [7, 11) is 3.16. The van der Waals surface area contributed by atoms with Crippen LogP contribution in [0.1, 0.15) is 46.1 Å². The minimum atomic E-state index is -0.411. The van der Waals surface area contributed by atoms with Gasteiger partial charge < -0.3 is 24.3 Å². The van der Waals surface area contributed by atoms with E-state index in [1.54, 1.807) is 44.6 Å². The first-order valence-electron chi connectivity index (χ1n) is 12.4. The van der Waals surface area contributed by atoms with Crippen molar-refractivity contribution in [2.24, 2.45) is 0 Å². The first-order chi connectivity index (χ1) is 18.1. The van der Waals surface area contributed by atoms with E-state index in [-0.39, 0.29) is 11.8 Å². The number of benzene rings is 2. The lowest BCUT2D eigenvalue weighted by atomic mass is 9.95. The van der Waals surface area contributed by atoms with E-state index < -0.39 is 6.04 Å². The van der Waals surface area contributed by atoms with Gasteiger partial charge in [0, 0.05) is 22.7 Å². The van der Waals surface area contributed by atoms with E-state index in [4.69, 9.17) is 9.47 Å². The summed E-state index contributed by atoms with van der Waals surface area (Å²) in [5.41, 5.74) is 4.92. The van der Waals surface area contributed by atoms with E-state index in [9.17, 15) is 9.18 Å². The zero-order valence-corrected chi connectivity index (χ0v) is 21.6. The SMILES string of the molecule is COc1ccc(OC)c(NC(=O)N2Cc3c(sc4c3CCCC4)-n3cccc3C2c2ccc(F)cc2)c1. The summed E-state index contributed by atoms with van der Waals surface area (Å²) in [5, 5.41) is 4.25. The Hall–Kier alpha value is -3.78. The van der Waals surface area contributed by atoms with Gasteiger partial charge in [-0.15, -0.1) is 11.3 Å². The van der Waals surface area contributed by atoms with Crippen LogP contribution in [-0.4, -0.2) is 29.7 Å². The highest BCUT2D eigenvalue weighted by atomic mass is 32.1. The van der Waals surface area contributed by atoms with Gasteiger partial charge in [-0.1, -0.05) is 12.1 Å². The van der Waals surface area contributed by atoms with E-state index >= 15 is 0 Å². The quantitative estimate of drug-likeness (QED) is 0.327. The standard InChI is InChI=1S/C29H28FN3O3S/c1-35-20-13-14-25(36-2)23(16-20)31-29(34)33-17-22-21-6-3-4-8-26(21)37-28(22)32-15-5-7-24(32)27(33)18-9-11-19(30)12-10-18/h5,7,9-16,27H,3-4,6,8,17H2,1-2H3,(H,31,34). The number of thiophene rings is 1. The summed E-state index contributed by atoms with van der Waals surface area (Å²) in [4.78, 5) is 17.4. The van der Waals surface area contributed by atoms with E-state index in [1.165, 1.54) is 39.6 Å². The third-order valence-corrected chi connectivity index (χ3v) is 8.61. The number of fused-ring (bicyclic) bond motifs is 5. The predicted octanol–water partition coefficient (Wildman–Crippen LogP) is 6.71. The average Bonchev–Trinajstić information content (AvgIpc) is 3.51. The molecule has 1 aliphatic heterocycles. The Morgan fingerprint density at radius 1 is 1.03 bits per heavy atom. The van der Waals surface area contributed by atoms with Crippen molar-refractivity contribution in [3.8, 4) is 16.5 Å². The lowest BCUT2D eigenvalue weighted by molar-refractivity contribution is 0.194. The van der Waals surface area contributed by atoms with Gasteiger partial charge in [0.05, 0.1) is 38.2 Å². The van der Waals surface area contributed by atoms with Crippen molar-refractivity contribution >= 4 is 23.1 Å². The van der Waals surface area contributed by atoms with Crippen LogP contribution in [0.2, 0.25) is 0 Å². The molecule has 4 aromatic rings. The van der Waals surface area contributed by atoms with Gasteiger partial charge in [0.1, 0.15) is 22.3 Å². The number of hydrogen-bond donors (Lipinski definition) is 1. The smallest absolute Gasteiger partial charge is 0.323 e. The van der Waals surface area contributed by atoms with Crippen LogP contribution in [0.3, 0.4) is 0 Å². The second-order valence-electron chi connectivity index (χ2n) is 9.38. The number of carbonyl (C=O) groups is 1. The number of nitrogens with zero attached hydrogens (tertiary/aromatic N) is 2. The first-order valence-corrected chi connectivity index (χ1v) is 13.2. The number of rotatable bonds is 4. The van der Waals surface area contributed by atoms with E-state index in [0.717, 1.165) is 30.5 Å². The highest BCUT2D eigenvalue weighted by Crippen LogP contribution is 2.44. The Labute approximate surface area is 219 Å². The van der Waals surface area contributed by atoms with E-state index in [2.05, 4.69) is 16.1 Å². The summed E-state index contributed by atoms with van der Waals surface area (Å²) < 4.78 is 27.0. The molecule has 0 fully saturated rings. The van der Waals surface area contributed by atoms with Crippen LogP contribution in [0.5, 0.6) is 11.5 Å². The van der Waals surface area contributed by atoms with Crippen LogP contribution < -0.4 is 14.8 Å². The van der Waals surface area contributed by atoms with Crippen LogP contribution in [0, 0.1) is 5.82 Å². The van der Waals surface area contributed by atoms with Crippen LogP contribution in [-0.2, 0) is 19.4 Å². The number of anilines is 1. The maximum absolute atomic E-state index is 14.1. The molecule has 190 valence electrons. The van der Waals surface area contributed by atoms with Crippen molar-refractivity contribution in [1.82, 2.24) is 9.47 Å². The molecule has 6 rings (SSSR count). The van der Waals surface area contributed by atoms with Gasteiger partial charge in [-0.05, 0) is 73.2 Å². The van der Waals surface area contributed by atoms with Gasteiger partial charge in [-0.25, -0.2) is 9.18 Å². The molecule has 2 aromatic heterocycles. The molecule has 2 aliphatic rings. The number of urea groups is 1. The summed E-state index contributed by atoms with van der Waals surface area (Å²) in [5.74, 6) is 0.849. The number of carbonyl (C=O) groups excluding carboxylic acids is 1. The third kappa shape index (κ3) is 4.15. The van der Waals surface area contributed by atoms with Crippen molar-refractivity contribution in [1.29, 1.82) is 0 Å². The van der Waals surface area contributed by atoms with Gasteiger partial charge in [0.2, 0.25) is 0 Å². The molecule has 0 spiro atoms. The van der Waals surface area contributed by atoms with E-state index in [0.29, 0.717) is 23.7 Å². The molecule has 2 amide bonds. The molecular formula is C29H28FN3O3S. The molecular weight excluding hydrogens is 489 g/mol. The van der Waals surface area contributed by atoms with Crippen molar-refractivity contribution in [3.63, 3.8) is 0 Å². The summed E-state index contributed by atoms with van der Waals surface area (Å²) in [6.07, 6.45) is 6.53. The normalized spacial score (nSPS) is 16.3. The van der Waals surface area contributed by atoms with Crippen molar-refractivity contribution in [2.75, 3.05) is 19.5 Å². The Kier molecular flexibility index (Phi) is 6.12. The number of nitrogens with one attached hydrogen (secondary N) is 1. The molecule has 0 radical (unpaired) electrons. The monoisotopic (exact) mass is 517 g/mol. The molecule has 3 heterocycles. The van der Waals surface area contributed by atoms with Crippen LogP contribution in [0.4, 0.5) is 14.9 Å². The van der Waals surface area contributed by atoms with Crippen LogP contribution in [0.15, 0.2) is 60.8 Å². The maximum atomic E-state index is 14.1. The zero-order valence-electron chi connectivity index (χ0n) is 20.8. The molecule has 1 unspecified atom stereocenters. The molecule has 0 saturated carbocycles. The minimum Gasteiger partial charge on any atom is -0.497 e. The Balaban J connectivity index is 1.48. The van der Waals surface area contributed by atoms with Gasteiger partial charge >= 0.3 is 6.03 Å². The lowest BCUT2D eigenvalue weighted by Gasteiger charge is -2.31. The highest BCUT2D eigenvalue weighted by Gasteiger charge is 2.36. The Bertz CT molecular complexity index is 1460. The molecule has 0 bridgehead atoms. The van der Waals surface area contributed by atoms with Crippen molar-refractivity contribution in [3.05, 3.63) is 93.9 Å². The largest absolute Gasteiger partial charge is 0.497 e. The van der Waals surface area contributed by atoms with Gasteiger partial charge in [-0.3, -0.25) is 0 Å². The van der Waals surface area contributed by atoms with Gasteiger partial charge in [-0.2, -0.15) is 0 Å². The van der Waals surface area contributed by atoms with Crippen molar-refractivity contribution in [2.45, 2.75) is 38.3 Å². The first kappa shape index (κ1) is 23.6. The molecule has 1 atom stereocenters. The molecule has 1 aliphatic carbocycles. The number of aryl methyl sites for hydroxylation is 1. The Morgan fingerprint density at radius 3 is 2.62 bits per heavy atom. The molecule has 8 heteroatoms. The van der Waals surface area contributed by atoms with Gasteiger partial charge in [0.15, 0.2) is 0 Å². The third-order valence-electron chi connectivity index (χ3n) is 7.27. The molecule has 6 nitrogen and oxygen atoms in total. The fourth-order valence-electron chi connectivity index (χ4n) is 5.48. The predicted molar refractivity (Wildman–Crippen MR) is 143 cm³/mol. The number of halogens is 1. The van der Waals surface area contributed by atoms with E-state index in [1.807, 2.05) is 28.4 Å². The zero-order chi connectivity index (χ0) is 25.5. The molecule has 1 N–H and O–H groups in total. The average molecular weight is 518 g/mol. The van der Waals surface area contributed by atoms with Crippen molar-refractivity contribution < 1.29 is 18.7 Å². The Morgan fingerprint density at radius 2 is 1.84 bits per heavy atom.